The SMILES string of the molecule is CCC/C=C/SCP(=O)(c1ccccc1)c1ccccc1. The lowest BCUT2D eigenvalue weighted by Crippen LogP contribution is -2.17. The van der Waals surface area contributed by atoms with Crippen LogP contribution in [0.25, 0.3) is 0 Å². The molecule has 0 saturated carbocycles. The highest BCUT2D eigenvalue weighted by Gasteiger charge is 2.26. The van der Waals surface area contributed by atoms with Gasteiger partial charge in [0, 0.05) is 10.6 Å². The third-order valence-electron chi connectivity index (χ3n) is 3.25. The van der Waals surface area contributed by atoms with Gasteiger partial charge in [0.05, 0.1) is 5.49 Å². The minimum atomic E-state index is -2.56. The van der Waals surface area contributed by atoms with Crippen molar-refractivity contribution in [3.8, 4) is 0 Å². The summed E-state index contributed by atoms with van der Waals surface area (Å²) in [4.78, 5) is 0. The summed E-state index contributed by atoms with van der Waals surface area (Å²) in [6.45, 7) is 2.16. The first kappa shape index (κ1) is 16.1. The molecule has 0 aliphatic rings. The Morgan fingerprint density at radius 2 is 1.48 bits per heavy atom. The molecule has 0 amide bonds. The minimum Gasteiger partial charge on any atom is -0.313 e. The van der Waals surface area contributed by atoms with Crippen LogP contribution in [-0.2, 0) is 4.57 Å². The van der Waals surface area contributed by atoms with E-state index in [-0.39, 0.29) is 0 Å². The Morgan fingerprint density at radius 3 is 1.95 bits per heavy atom. The van der Waals surface area contributed by atoms with E-state index in [2.05, 4.69) is 18.4 Å². The van der Waals surface area contributed by atoms with Gasteiger partial charge in [-0.3, -0.25) is 0 Å². The van der Waals surface area contributed by atoms with Gasteiger partial charge in [-0.1, -0.05) is 80.1 Å². The van der Waals surface area contributed by atoms with Crippen LogP contribution in [0.1, 0.15) is 19.8 Å². The van der Waals surface area contributed by atoms with Crippen molar-refractivity contribution in [3.63, 3.8) is 0 Å². The topological polar surface area (TPSA) is 17.1 Å². The Bertz CT molecular complexity index is 564. The van der Waals surface area contributed by atoms with Crippen molar-refractivity contribution in [2.75, 3.05) is 5.49 Å². The van der Waals surface area contributed by atoms with Crippen molar-refractivity contribution < 1.29 is 4.57 Å². The highest BCUT2D eigenvalue weighted by atomic mass is 32.2. The van der Waals surface area contributed by atoms with Crippen molar-refractivity contribution in [3.05, 3.63) is 72.1 Å². The zero-order valence-electron chi connectivity index (χ0n) is 12.3. The lowest BCUT2D eigenvalue weighted by molar-refractivity contribution is 0.590. The maximum Gasteiger partial charge on any atom is 0.152 e. The molecule has 0 N–H and O–H groups in total. The molecule has 2 aromatic carbocycles. The van der Waals surface area contributed by atoms with Crippen molar-refractivity contribution in [1.82, 2.24) is 0 Å². The number of unbranched alkanes of at least 4 members (excludes halogenated alkanes) is 1. The fraction of sp³-hybridized carbons (Fsp3) is 0.222. The Labute approximate surface area is 131 Å². The molecule has 2 aromatic rings. The molecule has 0 atom stereocenters. The van der Waals surface area contributed by atoms with Crippen LogP contribution in [0.2, 0.25) is 0 Å². The zero-order valence-corrected chi connectivity index (χ0v) is 14.0. The molecule has 0 aliphatic carbocycles. The van der Waals surface area contributed by atoms with Crippen LogP contribution < -0.4 is 10.6 Å². The monoisotopic (exact) mass is 316 g/mol. The fourth-order valence-corrected chi connectivity index (χ4v) is 6.34. The largest absolute Gasteiger partial charge is 0.313 e. The van der Waals surface area contributed by atoms with Crippen LogP contribution in [0.5, 0.6) is 0 Å². The van der Waals surface area contributed by atoms with E-state index >= 15 is 0 Å². The van der Waals surface area contributed by atoms with Gasteiger partial charge in [-0.15, -0.1) is 11.8 Å². The number of rotatable bonds is 7. The number of hydrogen-bond donors (Lipinski definition) is 0. The molecule has 0 aromatic heterocycles. The molecule has 0 fully saturated rings. The van der Waals surface area contributed by atoms with E-state index in [4.69, 9.17) is 0 Å². The molecule has 0 unspecified atom stereocenters. The van der Waals surface area contributed by atoms with Gasteiger partial charge in [0.25, 0.3) is 0 Å². The van der Waals surface area contributed by atoms with Crippen molar-refractivity contribution in [2.45, 2.75) is 19.8 Å². The molecule has 0 spiro atoms. The first-order valence-electron chi connectivity index (χ1n) is 7.24. The van der Waals surface area contributed by atoms with Crippen molar-refractivity contribution in [2.24, 2.45) is 0 Å². The smallest absolute Gasteiger partial charge is 0.152 e. The average molecular weight is 316 g/mol. The van der Waals surface area contributed by atoms with Gasteiger partial charge in [0.15, 0.2) is 7.14 Å². The van der Waals surface area contributed by atoms with Crippen molar-refractivity contribution >= 4 is 29.5 Å². The molecule has 110 valence electrons. The first-order valence-corrected chi connectivity index (χ1v) is 10.2. The molecule has 0 aliphatic heterocycles. The van der Waals surface area contributed by atoms with E-state index < -0.39 is 7.14 Å². The predicted molar refractivity (Wildman–Crippen MR) is 96.3 cm³/mol. The Hall–Kier alpha value is -1.24. The summed E-state index contributed by atoms with van der Waals surface area (Å²) in [6, 6.07) is 19.7. The van der Waals surface area contributed by atoms with Gasteiger partial charge in [0.1, 0.15) is 0 Å². The summed E-state index contributed by atoms with van der Waals surface area (Å²) < 4.78 is 13.6. The van der Waals surface area contributed by atoms with E-state index in [0.29, 0.717) is 5.49 Å². The van der Waals surface area contributed by atoms with E-state index in [9.17, 15) is 4.57 Å². The number of benzene rings is 2. The second-order valence-corrected chi connectivity index (χ2v) is 9.02. The standard InChI is InChI=1S/C18H21OPS/c1-2-3-10-15-21-16-20(19,17-11-6-4-7-12-17)18-13-8-5-9-14-18/h4-15H,2-3,16H2,1H3/b15-10+. The van der Waals surface area contributed by atoms with Crippen LogP contribution in [0.3, 0.4) is 0 Å². The van der Waals surface area contributed by atoms with Crippen LogP contribution in [0.15, 0.2) is 72.1 Å². The molecule has 0 heterocycles. The normalized spacial score (nSPS) is 11.9. The van der Waals surface area contributed by atoms with E-state index in [1.165, 1.54) is 0 Å². The molecule has 0 bridgehead atoms. The van der Waals surface area contributed by atoms with Gasteiger partial charge in [0.2, 0.25) is 0 Å². The quantitative estimate of drug-likeness (QED) is 0.668. The average Bonchev–Trinajstić information content (AvgIpc) is 2.56. The van der Waals surface area contributed by atoms with Gasteiger partial charge >= 0.3 is 0 Å². The Kier molecular flexibility index (Phi) is 6.35. The van der Waals surface area contributed by atoms with Gasteiger partial charge < -0.3 is 4.57 Å². The van der Waals surface area contributed by atoms with Crippen molar-refractivity contribution in [1.29, 1.82) is 0 Å². The first-order chi connectivity index (χ1) is 10.3. The maximum atomic E-state index is 13.6. The van der Waals surface area contributed by atoms with Gasteiger partial charge in [-0.25, -0.2) is 0 Å². The summed E-state index contributed by atoms with van der Waals surface area (Å²) in [7, 11) is -2.56. The lowest BCUT2D eigenvalue weighted by atomic mass is 10.3. The highest BCUT2D eigenvalue weighted by Crippen LogP contribution is 2.46. The third-order valence-corrected chi connectivity index (χ3v) is 7.95. The van der Waals surface area contributed by atoms with E-state index in [0.717, 1.165) is 23.5 Å². The Morgan fingerprint density at radius 1 is 0.952 bits per heavy atom. The fourth-order valence-electron chi connectivity index (χ4n) is 2.09. The number of hydrogen-bond acceptors (Lipinski definition) is 2. The maximum absolute atomic E-state index is 13.6. The number of thioether (sulfide) groups is 1. The molecular weight excluding hydrogens is 295 g/mol. The lowest BCUT2D eigenvalue weighted by Gasteiger charge is -2.18. The molecule has 21 heavy (non-hydrogen) atoms. The van der Waals surface area contributed by atoms with Crippen LogP contribution in [0, 0.1) is 0 Å². The summed E-state index contributed by atoms with van der Waals surface area (Å²) in [5.41, 5.74) is 0.612. The van der Waals surface area contributed by atoms with Crippen LogP contribution in [0.4, 0.5) is 0 Å². The van der Waals surface area contributed by atoms with Crippen LogP contribution >= 0.6 is 18.9 Å². The Balaban J connectivity index is 2.25. The molecule has 0 saturated heterocycles. The second kappa shape index (κ2) is 8.26. The number of allylic oxidation sites excluding steroid dienone is 1. The summed E-state index contributed by atoms with van der Waals surface area (Å²) in [5.74, 6) is 0. The molecule has 0 radical (unpaired) electrons. The summed E-state index contributed by atoms with van der Waals surface area (Å²) in [5, 5.41) is 3.96. The van der Waals surface area contributed by atoms with Gasteiger partial charge in [-0.2, -0.15) is 0 Å². The zero-order chi connectivity index (χ0) is 15.0. The van der Waals surface area contributed by atoms with E-state index in [1.807, 2.05) is 60.7 Å². The second-order valence-electron chi connectivity index (χ2n) is 4.87. The predicted octanol–water partition coefficient (Wildman–Crippen LogP) is 5.01. The molecule has 1 nitrogen and oxygen atoms in total. The van der Waals surface area contributed by atoms with Gasteiger partial charge in [-0.05, 0) is 11.8 Å². The minimum absolute atomic E-state index is 0.612. The highest BCUT2D eigenvalue weighted by molar-refractivity contribution is 8.10. The summed E-state index contributed by atoms with van der Waals surface area (Å²) >= 11 is 1.65. The molecule has 2 rings (SSSR count). The van der Waals surface area contributed by atoms with Crippen LogP contribution in [-0.4, -0.2) is 5.49 Å². The summed E-state index contributed by atoms with van der Waals surface area (Å²) in [6.07, 6.45) is 4.38. The van der Waals surface area contributed by atoms with E-state index in [1.54, 1.807) is 11.8 Å². The third kappa shape index (κ3) is 4.36. The molecular formula is C18H21OPS. The molecule has 3 heteroatoms.